The van der Waals surface area contributed by atoms with Crippen molar-refractivity contribution in [2.24, 2.45) is 4.99 Å². The number of halogens is 3. The van der Waals surface area contributed by atoms with E-state index in [4.69, 9.17) is 19.6 Å². The van der Waals surface area contributed by atoms with Crippen LogP contribution in [0, 0.1) is 11.6 Å². The third-order valence-electron chi connectivity index (χ3n) is 6.15. The summed E-state index contributed by atoms with van der Waals surface area (Å²) in [7, 11) is 0. The van der Waals surface area contributed by atoms with Crippen LogP contribution in [0.25, 0.3) is 0 Å². The Morgan fingerprint density at radius 2 is 1.90 bits per heavy atom. The predicted octanol–water partition coefficient (Wildman–Crippen LogP) is 5.14. The van der Waals surface area contributed by atoms with Gasteiger partial charge in [-0.15, -0.1) is 6.58 Å². The Balaban J connectivity index is 1.62. The molecule has 0 spiro atoms. The van der Waals surface area contributed by atoms with E-state index >= 15 is 0 Å². The van der Waals surface area contributed by atoms with Crippen LogP contribution in [0.4, 0.5) is 8.78 Å². The first kappa shape index (κ1) is 28.4. The SMILES string of the molecule is C=CC[C@]1(C(=O)NNCc2cc(F)ccc2F)N=C(c2ccc(OCCCO)cc2)O[C@H]1c1ccc(Br)cc1. The summed E-state index contributed by atoms with van der Waals surface area (Å²) >= 11 is 3.43. The lowest BCUT2D eigenvalue weighted by Gasteiger charge is -2.29. The molecule has 2 atom stereocenters. The quantitative estimate of drug-likeness (QED) is 0.152. The molecule has 39 heavy (non-hydrogen) atoms. The van der Waals surface area contributed by atoms with Crippen LogP contribution in [0.1, 0.15) is 35.6 Å². The number of hydrogen-bond acceptors (Lipinski definition) is 6. The standard InChI is InChI=1S/C29H28BrF2N3O4/c1-2-14-29(28(37)35-33-18-21-17-23(31)10-13-25(21)32)26(19-4-8-22(30)9-5-19)39-27(34-29)20-6-11-24(12-7-20)38-16-3-15-36/h2,4-13,17,26,33,36H,1,3,14-16,18H2,(H,35,37)/t26-,29-/m0/s1. The lowest BCUT2D eigenvalue weighted by Crippen LogP contribution is -2.52. The molecule has 1 aliphatic rings. The fourth-order valence-corrected chi connectivity index (χ4v) is 4.44. The second-order valence-corrected chi connectivity index (χ2v) is 9.79. The van der Waals surface area contributed by atoms with Gasteiger partial charge in [0.2, 0.25) is 5.90 Å². The number of aliphatic hydroxyl groups is 1. The number of carbonyl (C=O) groups excluding carboxylic acids is 1. The van der Waals surface area contributed by atoms with Gasteiger partial charge in [0, 0.05) is 41.6 Å². The van der Waals surface area contributed by atoms with E-state index in [2.05, 4.69) is 33.4 Å². The number of ether oxygens (including phenoxy) is 2. The summed E-state index contributed by atoms with van der Waals surface area (Å²) in [5, 5.41) is 8.95. The van der Waals surface area contributed by atoms with Gasteiger partial charge in [-0.25, -0.2) is 19.2 Å². The molecule has 3 N–H and O–H groups in total. The number of hydrazine groups is 1. The van der Waals surface area contributed by atoms with E-state index in [1.807, 2.05) is 24.3 Å². The summed E-state index contributed by atoms with van der Waals surface area (Å²) < 4.78 is 40.4. The fourth-order valence-electron chi connectivity index (χ4n) is 4.18. The molecule has 1 heterocycles. The zero-order valence-electron chi connectivity index (χ0n) is 21.0. The Bertz CT molecular complexity index is 1340. The minimum absolute atomic E-state index is 0.0413. The molecule has 204 valence electrons. The maximum absolute atomic E-state index is 14.1. The largest absolute Gasteiger partial charge is 0.494 e. The third kappa shape index (κ3) is 6.70. The molecule has 1 amide bonds. The molecule has 0 aliphatic carbocycles. The van der Waals surface area contributed by atoms with Gasteiger partial charge >= 0.3 is 0 Å². The molecule has 0 saturated heterocycles. The van der Waals surface area contributed by atoms with Gasteiger partial charge in [0.05, 0.1) is 6.61 Å². The topological polar surface area (TPSA) is 92.2 Å². The summed E-state index contributed by atoms with van der Waals surface area (Å²) in [6.07, 6.45) is 1.45. The normalized spacial score (nSPS) is 18.3. The Morgan fingerprint density at radius 1 is 1.15 bits per heavy atom. The molecular formula is C29H28BrF2N3O4. The number of aliphatic hydroxyl groups excluding tert-OH is 1. The van der Waals surface area contributed by atoms with Crippen LogP contribution in [0.15, 0.2) is 88.9 Å². The van der Waals surface area contributed by atoms with Crippen LogP contribution in [0.5, 0.6) is 5.75 Å². The monoisotopic (exact) mass is 599 g/mol. The highest BCUT2D eigenvalue weighted by atomic mass is 79.9. The van der Waals surface area contributed by atoms with Crippen molar-refractivity contribution in [3.8, 4) is 5.75 Å². The molecular weight excluding hydrogens is 572 g/mol. The van der Waals surface area contributed by atoms with E-state index in [1.54, 1.807) is 30.3 Å². The zero-order chi connectivity index (χ0) is 27.8. The van der Waals surface area contributed by atoms with Gasteiger partial charge in [0.1, 0.15) is 17.4 Å². The van der Waals surface area contributed by atoms with Gasteiger partial charge < -0.3 is 14.6 Å². The van der Waals surface area contributed by atoms with E-state index in [0.717, 1.165) is 22.7 Å². The highest BCUT2D eigenvalue weighted by Crippen LogP contribution is 2.43. The molecule has 0 fully saturated rings. The molecule has 4 rings (SSSR count). The lowest BCUT2D eigenvalue weighted by molar-refractivity contribution is -0.129. The Labute approximate surface area is 233 Å². The van der Waals surface area contributed by atoms with Gasteiger partial charge in [-0.1, -0.05) is 34.1 Å². The molecule has 0 unspecified atom stereocenters. The van der Waals surface area contributed by atoms with Crippen molar-refractivity contribution in [1.29, 1.82) is 0 Å². The van der Waals surface area contributed by atoms with Gasteiger partial charge in [0.15, 0.2) is 11.6 Å². The number of aliphatic imine (C=N–C) groups is 1. The van der Waals surface area contributed by atoms with Crippen molar-refractivity contribution >= 4 is 27.7 Å². The first-order chi connectivity index (χ1) is 18.9. The van der Waals surface area contributed by atoms with E-state index in [1.165, 1.54) is 0 Å². The number of amides is 1. The van der Waals surface area contributed by atoms with Crippen molar-refractivity contribution in [2.45, 2.75) is 31.0 Å². The lowest BCUT2D eigenvalue weighted by atomic mass is 9.84. The minimum atomic E-state index is -1.44. The summed E-state index contributed by atoms with van der Waals surface area (Å²) in [5.41, 5.74) is 5.27. The third-order valence-corrected chi connectivity index (χ3v) is 6.68. The van der Waals surface area contributed by atoms with Gasteiger partial charge in [0.25, 0.3) is 5.91 Å². The number of nitrogens with one attached hydrogen (secondary N) is 2. The first-order valence-corrected chi connectivity index (χ1v) is 13.1. The average Bonchev–Trinajstić information content (AvgIpc) is 3.32. The smallest absolute Gasteiger partial charge is 0.266 e. The molecule has 0 aromatic heterocycles. The first-order valence-electron chi connectivity index (χ1n) is 12.3. The second kappa shape index (κ2) is 13.0. The van der Waals surface area contributed by atoms with Crippen LogP contribution in [0.3, 0.4) is 0 Å². The van der Waals surface area contributed by atoms with E-state index in [-0.39, 0.29) is 31.0 Å². The average molecular weight is 600 g/mol. The van der Waals surface area contributed by atoms with E-state index in [0.29, 0.717) is 29.9 Å². The summed E-state index contributed by atoms with van der Waals surface area (Å²) in [5.74, 6) is -0.815. The number of carbonyl (C=O) groups is 1. The fraction of sp³-hybridized carbons (Fsp3) is 0.241. The van der Waals surface area contributed by atoms with Crippen LogP contribution in [0.2, 0.25) is 0 Å². The molecule has 0 bridgehead atoms. The van der Waals surface area contributed by atoms with Crippen LogP contribution >= 0.6 is 15.9 Å². The summed E-state index contributed by atoms with van der Waals surface area (Å²) in [6, 6.07) is 17.6. The highest BCUT2D eigenvalue weighted by molar-refractivity contribution is 9.10. The maximum atomic E-state index is 14.1. The molecule has 7 nitrogen and oxygen atoms in total. The number of rotatable bonds is 12. The van der Waals surface area contributed by atoms with Crippen LogP contribution < -0.4 is 15.6 Å². The number of nitrogens with zero attached hydrogens (tertiary/aromatic N) is 1. The Hall–Kier alpha value is -3.60. The Kier molecular flexibility index (Phi) is 9.45. The van der Waals surface area contributed by atoms with Gasteiger partial charge in [-0.05, 0) is 60.2 Å². The second-order valence-electron chi connectivity index (χ2n) is 8.88. The van der Waals surface area contributed by atoms with Crippen LogP contribution in [-0.2, 0) is 16.1 Å². The van der Waals surface area contributed by atoms with Crippen molar-refractivity contribution < 1.29 is 28.2 Å². The van der Waals surface area contributed by atoms with Crippen LogP contribution in [-0.4, -0.2) is 35.7 Å². The van der Waals surface area contributed by atoms with Gasteiger partial charge in [-0.3, -0.25) is 10.2 Å². The number of benzene rings is 3. The van der Waals surface area contributed by atoms with E-state index in [9.17, 15) is 13.6 Å². The number of hydrogen-bond donors (Lipinski definition) is 3. The highest BCUT2D eigenvalue weighted by Gasteiger charge is 2.52. The van der Waals surface area contributed by atoms with Crippen molar-refractivity contribution in [1.82, 2.24) is 10.9 Å². The molecule has 3 aromatic carbocycles. The maximum Gasteiger partial charge on any atom is 0.266 e. The molecule has 1 aliphatic heterocycles. The summed E-state index contributed by atoms with van der Waals surface area (Å²) in [6.45, 7) is 4.11. The molecule has 3 aromatic rings. The molecule has 0 radical (unpaired) electrons. The molecule has 0 saturated carbocycles. The van der Waals surface area contributed by atoms with Gasteiger partial charge in [-0.2, -0.15) is 0 Å². The Morgan fingerprint density at radius 3 is 2.59 bits per heavy atom. The van der Waals surface area contributed by atoms with E-state index < -0.39 is 29.2 Å². The molecule has 10 heteroatoms. The minimum Gasteiger partial charge on any atom is -0.494 e. The summed E-state index contributed by atoms with van der Waals surface area (Å²) in [4.78, 5) is 18.5. The zero-order valence-corrected chi connectivity index (χ0v) is 22.6. The van der Waals surface area contributed by atoms with Crippen molar-refractivity contribution in [3.05, 3.63) is 112 Å². The van der Waals surface area contributed by atoms with Crippen molar-refractivity contribution in [2.75, 3.05) is 13.2 Å². The van der Waals surface area contributed by atoms with Crippen molar-refractivity contribution in [3.63, 3.8) is 0 Å². The predicted molar refractivity (Wildman–Crippen MR) is 147 cm³/mol.